The van der Waals surface area contributed by atoms with Gasteiger partial charge in [0.05, 0.1) is 26.5 Å². The fraction of sp³-hybridized carbons (Fsp3) is 0.500. The van der Waals surface area contributed by atoms with Crippen molar-refractivity contribution in [3.05, 3.63) is 46.8 Å². The molecule has 0 amide bonds. The highest BCUT2D eigenvalue weighted by Gasteiger charge is 2.16. The summed E-state index contributed by atoms with van der Waals surface area (Å²) in [6.45, 7) is 8.20. The molecule has 0 atom stereocenters. The van der Waals surface area contributed by atoms with Crippen molar-refractivity contribution in [1.29, 1.82) is 0 Å². The molecule has 0 saturated heterocycles. The maximum atomic E-state index is 12.0. The van der Waals surface area contributed by atoms with E-state index in [0.29, 0.717) is 30.3 Å². The van der Waals surface area contributed by atoms with E-state index in [2.05, 4.69) is 35.4 Å². The Morgan fingerprint density at radius 2 is 2.03 bits per heavy atom. The van der Waals surface area contributed by atoms with Gasteiger partial charge in [0.15, 0.2) is 5.96 Å². The van der Waals surface area contributed by atoms with Crippen molar-refractivity contribution < 1.29 is 14.3 Å². The van der Waals surface area contributed by atoms with Gasteiger partial charge in [0.1, 0.15) is 11.3 Å². The number of guanidine groups is 1. The van der Waals surface area contributed by atoms with Gasteiger partial charge in [-0.05, 0) is 30.5 Å². The summed E-state index contributed by atoms with van der Waals surface area (Å²) >= 11 is 0. The van der Waals surface area contributed by atoms with Crippen molar-refractivity contribution in [2.75, 3.05) is 27.8 Å². The third kappa shape index (κ3) is 7.12. The van der Waals surface area contributed by atoms with Crippen molar-refractivity contribution in [3.63, 3.8) is 0 Å². The van der Waals surface area contributed by atoms with Crippen molar-refractivity contribution >= 4 is 35.9 Å². The number of ether oxygens (including phenoxy) is 2. The molecule has 1 aromatic heterocycles. The van der Waals surface area contributed by atoms with Crippen LogP contribution in [0.3, 0.4) is 0 Å². The number of methoxy groups -OCH3 is 2. The van der Waals surface area contributed by atoms with Crippen molar-refractivity contribution in [2.24, 2.45) is 12.0 Å². The quantitative estimate of drug-likeness (QED) is 0.238. The first-order valence-corrected chi connectivity index (χ1v) is 10.1. The molecule has 0 radical (unpaired) electrons. The fourth-order valence-corrected chi connectivity index (χ4v) is 3.25. The molecule has 2 rings (SSSR count). The van der Waals surface area contributed by atoms with Gasteiger partial charge in [-0.2, -0.15) is 5.10 Å². The first-order chi connectivity index (χ1) is 14.3. The number of aromatic nitrogens is 2. The molecule has 0 aliphatic carbocycles. The summed E-state index contributed by atoms with van der Waals surface area (Å²) < 4.78 is 12.0. The highest BCUT2D eigenvalue weighted by molar-refractivity contribution is 14.0. The topological polar surface area (TPSA) is 81.0 Å². The van der Waals surface area contributed by atoms with Crippen LogP contribution in [0.15, 0.2) is 29.4 Å². The van der Waals surface area contributed by atoms with E-state index in [0.717, 1.165) is 23.8 Å². The van der Waals surface area contributed by atoms with E-state index < -0.39 is 5.97 Å². The Kier molecular flexibility index (Phi) is 10.8. The number of nitrogens with one attached hydrogen (secondary N) is 1. The molecule has 1 heterocycles. The Labute approximate surface area is 202 Å². The molecule has 8 nitrogen and oxygen atoms in total. The molecule has 0 fully saturated rings. The zero-order valence-electron chi connectivity index (χ0n) is 19.4. The monoisotopic (exact) mass is 543 g/mol. The third-order valence-corrected chi connectivity index (χ3v) is 4.67. The number of aryl methyl sites for hydroxylation is 1. The van der Waals surface area contributed by atoms with E-state index in [1.54, 1.807) is 12.1 Å². The predicted octanol–water partition coefficient (Wildman–Crippen LogP) is 3.55. The minimum absolute atomic E-state index is 0. The largest absolute Gasteiger partial charge is 0.496 e. The van der Waals surface area contributed by atoms with Crippen molar-refractivity contribution in [1.82, 2.24) is 20.0 Å². The number of benzene rings is 1. The molecule has 1 N–H and O–H groups in total. The lowest BCUT2D eigenvalue weighted by atomic mass is 10.1. The van der Waals surface area contributed by atoms with E-state index >= 15 is 0 Å². The van der Waals surface area contributed by atoms with Crippen LogP contribution < -0.4 is 10.1 Å². The summed E-state index contributed by atoms with van der Waals surface area (Å²) in [7, 11) is 6.83. The van der Waals surface area contributed by atoms with Crippen molar-refractivity contribution in [2.45, 2.75) is 39.8 Å². The summed E-state index contributed by atoms with van der Waals surface area (Å²) in [4.78, 5) is 18.9. The Bertz CT molecular complexity index is 895. The van der Waals surface area contributed by atoms with Gasteiger partial charge in [-0.1, -0.05) is 19.9 Å². The van der Waals surface area contributed by atoms with Gasteiger partial charge >= 0.3 is 5.97 Å². The molecule has 0 bridgehead atoms. The minimum Gasteiger partial charge on any atom is -0.496 e. The zero-order valence-corrected chi connectivity index (χ0v) is 21.8. The highest BCUT2D eigenvalue weighted by atomic mass is 127. The molecule has 0 spiro atoms. The molecule has 0 saturated carbocycles. The van der Waals surface area contributed by atoms with Gasteiger partial charge in [-0.25, -0.2) is 9.79 Å². The Morgan fingerprint density at radius 1 is 1.32 bits per heavy atom. The molecule has 0 unspecified atom stereocenters. The van der Waals surface area contributed by atoms with Gasteiger partial charge in [-0.15, -0.1) is 24.0 Å². The van der Waals surface area contributed by atoms with Crippen LogP contribution in [0.2, 0.25) is 0 Å². The lowest BCUT2D eigenvalue weighted by molar-refractivity contribution is 0.0597. The fourth-order valence-electron chi connectivity index (χ4n) is 3.25. The minimum atomic E-state index is -0.431. The van der Waals surface area contributed by atoms with E-state index in [1.807, 2.05) is 31.8 Å². The van der Waals surface area contributed by atoms with Crippen LogP contribution in [0.5, 0.6) is 5.75 Å². The molecule has 0 aliphatic rings. The highest BCUT2D eigenvalue weighted by Crippen LogP contribution is 2.22. The summed E-state index contributed by atoms with van der Waals surface area (Å²) in [5.74, 6) is 1.19. The molecule has 9 heteroatoms. The molecule has 31 heavy (non-hydrogen) atoms. The second kappa shape index (κ2) is 12.5. The van der Waals surface area contributed by atoms with E-state index in [9.17, 15) is 4.79 Å². The number of halogens is 1. The molecule has 1 aromatic carbocycles. The predicted molar refractivity (Wildman–Crippen MR) is 133 cm³/mol. The Morgan fingerprint density at radius 3 is 2.61 bits per heavy atom. The van der Waals surface area contributed by atoms with E-state index in [1.165, 1.54) is 19.8 Å². The second-order valence-corrected chi connectivity index (χ2v) is 7.42. The lowest BCUT2D eigenvalue weighted by Crippen LogP contribution is -2.38. The number of carbonyl (C=O) groups excluding carboxylic acids is 1. The van der Waals surface area contributed by atoms with Gasteiger partial charge in [-0.3, -0.25) is 4.68 Å². The Hall–Kier alpha value is -2.30. The first-order valence-electron chi connectivity index (χ1n) is 10.1. The number of esters is 1. The standard InChI is InChI=1S/C22H33N5O3.HI/c1-8-23-22(26(4)13-17-14-27(5)25-20(17)15(2)3)24-12-16-9-10-19(29-6)18(11-16)21(28)30-7;/h9-11,14-15H,8,12-13H2,1-7H3,(H,23,24);1H. The number of hydrogen-bond donors (Lipinski definition) is 1. The first kappa shape index (κ1) is 26.7. The Balaban J connectivity index is 0.00000480. The van der Waals surface area contributed by atoms with Gasteiger partial charge in [0.2, 0.25) is 0 Å². The van der Waals surface area contributed by atoms with Gasteiger partial charge < -0.3 is 19.7 Å². The third-order valence-electron chi connectivity index (χ3n) is 4.67. The molecular formula is C22H34IN5O3. The van der Waals surface area contributed by atoms with Crippen LogP contribution in [0.1, 0.15) is 53.9 Å². The molecular weight excluding hydrogens is 509 g/mol. The SMILES string of the molecule is CCNC(=NCc1ccc(OC)c(C(=O)OC)c1)N(C)Cc1cn(C)nc1C(C)C.I. The number of hydrogen-bond acceptors (Lipinski definition) is 5. The van der Waals surface area contributed by atoms with Crippen LogP contribution in [-0.2, 0) is 24.9 Å². The smallest absolute Gasteiger partial charge is 0.341 e. The van der Waals surface area contributed by atoms with Crippen LogP contribution >= 0.6 is 24.0 Å². The number of nitrogens with zero attached hydrogens (tertiary/aromatic N) is 4. The number of rotatable bonds is 8. The van der Waals surface area contributed by atoms with Gasteiger partial charge in [0.25, 0.3) is 0 Å². The second-order valence-electron chi connectivity index (χ2n) is 7.42. The van der Waals surface area contributed by atoms with E-state index in [-0.39, 0.29) is 24.0 Å². The summed E-state index contributed by atoms with van der Waals surface area (Å²) in [5.41, 5.74) is 3.56. The average Bonchev–Trinajstić information content (AvgIpc) is 3.10. The van der Waals surface area contributed by atoms with Crippen LogP contribution in [0.25, 0.3) is 0 Å². The van der Waals surface area contributed by atoms with Gasteiger partial charge in [0, 0.05) is 38.9 Å². The maximum Gasteiger partial charge on any atom is 0.341 e. The average molecular weight is 543 g/mol. The van der Waals surface area contributed by atoms with Crippen molar-refractivity contribution in [3.8, 4) is 5.75 Å². The normalized spacial score (nSPS) is 11.2. The lowest BCUT2D eigenvalue weighted by Gasteiger charge is -2.22. The summed E-state index contributed by atoms with van der Waals surface area (Å²) in [5, 5.41) is 7.92. The van der Waals surface area contributed by atoms with Crippen LogP contribution in [-0.4, -0.2) is 54.4 Å². The summed E-state index contributed by atoms with van der Waals surface area (Å²) in [6.07, 6.45) is 2.06. The number of aliphatic imine (C=N–C) groups is 1. The van der Waals surface area contributed by atoms with E-state index in [4.69, 9.17) is 14.5 Å². The molecule has 172 valence electrons. The molecule has 0 aliphatic heterocycles. The summed E-state index contributed by atoms with van der Waals surface area (Å²) in [6, 6.07) is 5.42. The maximum absolute atomic E-state index is 12.0. The molecule has 2 aromatic rings. The zero-order chi connectivity index (χ0) is 22.3. The number of carbonyl (C=O) groups is 1. The van der Waals surface area contributed by atoms with Crippen LogP contribution in [0, 0.1) is 0 Å². The van der Waals surface area contributed by atoms with Crippen LogP contribution in [0.4, 0.5) is 0 Å².